The van der Waals surface area contributed by atoms with Gasteiger partial charge in [-0.1, -0.05) is 0 Å². The Morgan fingerprint density at radius 3 is 2.46 bits per heavy atom. The first-order valence-electron chi connectivity index (χ1n) is 8.18. The van der Waals surface area contributed by atoms with Crippen molar-refractivity contribution in [2.24, 2.45) is 10.7 Å². The zero-order valence-electron chi connectivity index (χ0n) is 14.0. The highest BCUT2D eigenvalue weighted by Gasteiger charge is 2.18. The highest BCUT2D eigenvalue weighted by atomic mass is 19.3. The van der Waals surface area contributed by atoms with E-state index in [1.54, 1.807) is 12.1 Å². The van der Waals surface area contributed by atoms with Crippen LogP contribution in [0.25, 0.3) is 0 Å². The maximum atomic E-state index is 13.0. The third-order valence-electron chi connectivity index (χ3n) is 4.13. The molecule has 1 aliphatic heterocycles. The summed E-state index contributed by atoms with van der Waals surface area (Å²) in [6, 6.07) is 7.54. The van der Waals surface area contributed by atoms with E-state index in [0.717, 1.165) is 18.8 Å². The van der Waals surface area contributed by atoms with Gasteiger partial charge in [-0.3, -0.25) is 0 Å². The number of halogens is 3. The van der Waals surface area contributed by atoms with Gasteiger partial charge in [0.15, 0.2) is 5.96 Å². The number of piperazine rings is 1. The van der Waals surface area contributed by atoms with E-state index < -0.39 is 6.43 Å². The van der Waals surface area contributed by atoms with Crippen molar-refractivity contribution >= 4 is 11.6 Å². The van der Waals surface area contributed by atoms with Gasteiger partial charge in [0.1, 0.15) is 23.9 Å². The van der Waals surface area contributed by atoms with Crippen LogP contribution in [0.1, 0.15) is 17.9 Å². The molecule has 1 aliphatic rings. The first-order valence-corrected chi connectivity index (χ1v) is 8.18. The van der Waals surface area contributed by atoms with Crippen LogP contribution < -0.4 is 10.6 Å². The van der Waals surface area contributed by atoms with Crippen LogP contribution >= 0.6 is 0 Å². The Bertz CT molecular complexity index is 757. The largest absolute Gasteiger partial charge is 0.370 e. The number of benzene rings is 1. The van der Waals surface area contributed by atoms with E-state index in [-0.39, 0.29) is 23.9 Å². The Morgan fingerprint density at radius 2 is 1.81 bits per heavy atom. The Balaban J connectivity index is 1.56. The number of rotatable bonds is 4. The minimum atomic E-state index is -2.64. The lowest BCUT2D eigenvalue weighted by atomic mass is 10.2. The zero-order chi connectivity index (χ0) is 18.5. The van der Waals surface area contributed by atoms with Crippen LogP contribution in [-0.4, -0.2) is 47.0 Å². The number of hydrogen-bond donors (Lipinski definition) is 1. The maximum absolute atomic E-state index is 13.0. The molecule has 3 rings (SSSR count). The van der Waals surface area contributed by atoms with Crippen LogP contribution in [0.2, 0.25) is 0 Å². The summed E-state index contributed by atoms with van der Waals surface area (Å²) in [6.07, 6.45) is -1.35. The number of nitrogens with two attached hydrogens (primary N) is 1. The Labute approximate surface area is 149 Å². The lowest BCUT2D eigenvalue weighted by Crippen LogP contribution is -2.51. The molecular formula is C17H19F3N6. The van der Waals surface area contributed by atoms with Crippen molar-refractivity contribution in [1.82, 2.24) is 14.9 Å². The van der Waals surface area contributed by atoms with E-state index in [1.807, 2.05) is 4.90 Å². The van der Waals surface area contributed by atoms with Crippen molar-refractivity contribution in [2.45, 2.75) is 13.0 Å². The molecule has 0 radical (unpaired) electrons. The highest BCUT2D eigenvalue weighted by molar-refractivity contribution is 5.78. The Hall–Kier alpha value is -2.84. The minimum Gasteiger partial charge on any atom is -0.370 e. The first kappa shape index (κ1) is 18.0. The minimum absolute atomic E-state index is 0.0462. The Morgan fingerprint density at radius 1 is 1.12 bits per heavy atom. The second kappa shape index (κ2) is 8.03. The maximum Gasteiger partial charge on any atom is 0.280 e. The first-order chi connectivity index (χ1) is 12.5. The van der Waals surface area contributed by atoms with Gasteiger partial charge < -0.3 is 15.5 Å². The van der Waals surface area contributed by atoms with Crippen molar-refractivity contribution in [3.8, 4) is 0 Å². The molecule has 1 fully saturated rings. The van der Waals surface area contributed by atoms with Gasteiger partial charge in [-0.15, -0.1) is 0 Å². The molecule has 2 N–H and O–H groups in total. The lowest BCUT2D eigenvalue weighted by molar-refractivity contribution is 0.145. The molecule has 0 amide bonds. The van der Waals surface area contributed by atoms with E-state index in [1.165, 1.54) is 24.4 Å². The number of nitrogens with zero attached hydrogens (tertiary/aromatic N) is 5. The summed E-state index contributed by atoms with van der Waals surface area (Å²) >= 11 is 0. The summed E-state index contributed by atoms with van der Waals surface area (Å²) in [5, 5.41) is 0. The molecule has 1 aromatic carbocycles. The monoisotopic (exact) mass is 364 g/mol. The van der Waals surface area contributed by atoms with E-state index in [2.05, 4.69) is 19.9 Å². The number of hydrogen-bond acceptors (Lipinski definition) is 4. The molecule has 1 saturated heterocycles. The number of anilines is 1. The van der Waals surface area contributed by atoms with Crippen molar-refractivity contribution in [3.63, 3.8) is 0 Å². The van der Waals surface area contributed by atoms with Gasteiger partial charge in [0, 0.05) is 38.1 Å². The van der Waals surface area contributed by atoms with Crippen molar-refractivity contribution < 1.29 is 13.2 Å². The summed E-state index contributed by atoms with van der Waals surface area (Å²) < 4.78 is 38.3. The van der Waals surface area contributed by atoms with Gasteiger partial charge in [0.25, 0.3) is 6.43 Å². The molecule has 0 unspecified atom stereocenters. The number of guanidine groups is 1. The molecule has 138 valence electrons. The van der Waals surface area contributed by atoms with Crippen LogP contribution in [0.4, 0.5) is 18.9 Å². The predicted octanol–water partition coefficient (Wildman–Crippen LogP) is 2.19. The second-order valence-electron chi connectivity index (χ2n) is 5.82. The van der Waals surface area contributed by atoms with Gasteiger partial charge in [-0.25, -0.2) is 28.1 Å². The average molecular weight is 364 g/mol. The predicted molar refractivity (Wildman–Crippen MR) is 92.5 cm³/mol. The molecule has 6 nitrogen and oxygen atoms in total. The number of aromatic nitrogens is 2. The second-order valence-corrected chi connectivity index (χ2v) is 5.82. The summed E-state index contributed by atoms with van der Waals surface area (Å²) in [7, 11) is 0. The average Bonchev–Trinajstić information content (AvgIpc) is 2.67. The summed E-state index contributed by atoms with van der Waals surface area (Å²) in [6.45, 7) is 2.80. The van der Waals surface area contributed by atoms with Crippen LogP contribution in [0.15, 0.2) is 41.5 Å². The molecule has 2 aromatic rings. The van der Waals surface area contributed by atoms with Gasteiger partial charge in [-0.05, 0) is 30.3 Å². The molecule has 1 aromatic heterocycles. The van der Waals surface area contributed by atoms with Crippen molar-refractivity contribution in [1.29, 1.82) is 0 Å². The highest BCUT2D eigenvalue weighted by Crippen LogP contribution is 2.17. The van der Waals surface area contributed by atoms with E-state index >= 15 is 0 Å². The quantitative estimate of drug-likeness (QED) is 0.665. The third-order valence-corrected chi connectivity index (χ3v) is 4.13. The molecule has 9 heteroatoms. The Kier molecular flexibility index (Phi) is 5.55. The van der Waals surface area contributed by atoms with Gasteiger partial charge >= 0.3 is 0 Å². The summed E-state index contributed by atoms with van der Waals surface area (Å²) in [4.78, 5) is 16.0. The molecule has 2 heterocycles. The van der Waals surface area contributed by atoms with Crippen molar-refractivity contribution in [3.05, 3.63) is 53.9 Å². The molecule has 26 heavy (non-hydrogen) atoms. The van der Waals surface area contributed by atoms with Crippen LogP contribution in [0, 0.1) is 5.82 Å². The number of alkyl halides is 2. The fraction of sp³-hybridized carbons (Fsp3) is 0.353. The van der Waals surface area contributed by atoms with E-state index in [9.17, 15) is 13.2 Å². The zero-order valence-corrected chi connectivity index (χ0v) is 14.0. The molecule has 0 bridgehead atoms. The molecular weight excluding hydrogens is 345 g/mol. The van der Waals surface area contributed by atoms with Gasteiger partial charge in [-0.2, -0.15) is 0 Å². The smallest absolute Gasteiger partial charge is 0.280 e. The topological polar surface area (TPSA) is 70.6 Å². The normalized spacial score (nSPS) is 15.6. The van der Waals surface area contributed by atoms with Gasteiger partial charge in [0.05, 0.1) is 0 Å². The van der Waals surface area contributed by atoms with Gasteiger partial charge in [0.2, 0.25) is 0 Å². The fourth-order valence-corrected chi connectivity index (χ4v) is 2.71. The standard InChI is InChI=1S/C17H19F3N6/c18-12-1-3-13(4-2-12)25-7-9-26(10-8-25)17(21)23-11-15-22-6-5-14(24-15)16(19)20/h1-6,16H,7-11H2,(H2,21,23). The van der Waals surface area contributed by atoms with Crippen molar-refractivity contribution in [2.75, 3.05) is 31.1 Å². The number of aliphatic imine (C=N–C) groups is 1. The fourth-order valence-electron chi connectivity index (χ4n) is 2.71. The molecule has 0 atom stereocenters. The summed E-state index contributed by atoms with van der Waals surface area (Å²) in [5.74, 6) is 0.271. The summed E-state index contributed by atoms with van der Waals surface area (Å²) in [5.41, 5.74) is 6.64. The molecule has 0 spiro atoms. The van der Waals surface area contributed by atoms with Crippen LogP contribution in [0.3, 0.4) is 0 Å². The third kappa shape index (κ3) is 4.41. The lowest BCUT2D eigenvalue weighted by Gasteiger charge is -2.36. The molecule has 0 saturated carbocycles. The van der Waals surface area contributed by atoms with E-state index in [0.29, 0.717) is 19.0 Å². The molecule has 0 aliphatic carbocycles. The van der Waals surface area contributed by atoms with Crippen LogP contribution in [0.5, 0.6) is 0 Å². The van der Waals surface area contributed by atoms with E-state index in [4.69, 9.17) is 5.73 Å². The van der Waals surface area contributed by atoms with Crippen LogP contribution in [-0.2, 0) is 6.54 Å². The SMILES string of the molecule is NC(=NCc1nccc(C(F)F)n1)N1CCN(c2ccc(F)cc2)CC1.